The van der Waals surface area contributed by atoms with Gasteiger partial charge in [-0.05, 0) is 49.5 Å². The summed E-state index contributed by atoms with van der Waals surface area (Å²) in [6.45, 7) is 8.39. The van der Waals surface area contributed by atoms with Crippen molar-refractivity contribution in [3.8, 4) is 11.5 Å². The molecule has 0 aliphatic rings. The van der Waals surface area contributed by atoms with E-state index in [2.05, 4.69) is 36.9 Å². The quantitative estimate of drug-likeness (QED) is 0.517. The van der Waals surface area contributed by atoms with Crippen LogP contribution in [0, 0.1) is 0 Å². The highest BCUT2D eigenvalue weighted by Crippen LogP contribution is 2.32. The Kier molecular flexibility index (Phi) is 12.4. The first-order valence-electron chi connectivity index (χ1n) is 10.4. The van der Waals surface area contributed by atoms with E-state index in [1.165, 1.54) is 18.4 Å². The molecule has 2 aromatic carbocycles. The number of hydrogen-bond donors (Lipinski definition) is 2. The van der Waals surface area contributed by atoms with Crippen molar-refractivity contribution in [3.63, 3.8) is 0 Å². The third-order valence-corrected chi connectivity index (χ3v) is 4.47. The lowest BCUT2D eigenvalue weighted by Gasteiger charge is -2.22. The second kappa shape index (κ2) is 14.8. The largest absolute Gasteiger partial charge is 0.493 e. The molecule has 0 unspecified atom stereocenters. The normalized spacial score (nSPS) is 10.2. The molecule has 0 atom stereocenters. The molecule has 0 bridgehead atoms. The first-order valence-corrected chi connectivity index (χ1v) is 10.4. The topological polar surface area (TPSA) is 96.3 Å². The molecule has 0 saturated carbocycles. The fraction of sp³-hybridized carbons (Fsp3) is 0.417. The molecule has 0 aromatic heterocycles. The first kappa shape index (κ1) is 26.0. The van der Waals surface area contributed by atoms with Crippen LogP contribution < -0.4 is 9.47 Å². The molecular formula is C24H33NO6. The van der Waals surface area contributed by atoms with Gasteiger partial charge in [-0.1, -0.05) is 56.3 Å². The number of aliphatic carboxylic acids is 2. The van der Waals surface area contributed by atoms with Gasteiger partial charge in [0.1, 0.15) is 6.61 Å². The maximum Gasteiger partial charge on any atom is 0.414 e. The van der Waals surface area contributed by atoms with Gasteiger partial charge in [-0.15, -0.1) is 0 Å². The Morgan fingerprint density at radius 3 is 2.00 bits per heavy atom. The Balaban J connectivity index is 0.000000703. The number of carbonyl (C=O) groups is 2. The number of carboxylic acids is 2. The lowest BCUT2D eigenvalue weighted by Crippen LogP contribution is -2.27. The lowest BCUT2D eigenvalue weighted by atomic mass is 10.1. The van der Waals surface area contributed by atoms with E-state index in [1.54, 1.807) is 7.11 Å². The first-order chi connectivity index (χ1) is 14.9. The van der Waals surface area contributed by atoms with Gasteiger partial charge >= 0.3 is 11.9 Å². The van der Waals surface area contributed by atoms with E-state index in [-0.39, 0.29) is 0 Å². The zero-order chi connectivity index (χ0) is 23.1. The minimum atomic E-state index is -1.82. The smallest absolute Gasteiger partial charge is 0.414 e. The van der Waals surface area contributed by atoms with Gasteiger partial charge in [-0.2, -0.15) is 0 Å². The van der Waals surface area contributed by atoms with Crippen LogP contribution in [0.5, 0.6) is 11.5 Å². The average Bonchev–Trinajstić information content (AvgIpc) is 2.77. The van der Waals surface area contributed by atoms with Gasteiger partial charge in [-0.3, -0.25) is 0 Å². The van der Waals surface area contributed by atoms with Crippen molar-refractivity contribution in [2.24, 2.45) is 0 Å². The zero-order valence-electron chi connectivity index (χ0n) is 18.5. The summed E-state index contributed by atoms with van der Waals surface area (Å²) < 4.78 is 11.7. The molecule has 7 nitrogen and oxygen atoms in total. The van der Waals surface area contributed by atoms with Gasteiger partial charge in [0.05, 0.1) is 7.11 Å². The van der Waals surface area contributed by atoms with E-state index in [4.69, 9.17) is 29.3 Å². The maximum absolute atomic E-state index is 9.10. The molecule has 2 N–H and O–H groups in total. The highest BCUT2D eigenvalue weighted by Gasteiger charge is 2.12. The van der Waals surface area contributed by atoms with Crippen LogP contribution in [-0.2, 0) is 22.6 Å². The Morgan fingerprint density at radius 2 is 1.48 bits per heavy atom. The van der Waals surface area contributed by atoms with Gasteiger partial charge in [0.25, 0.3) is 0 Å². The Labute approximate surface area is 184 Å². The van der Waals surface area contributed by atoms with E-state index in [1.807, 2.05) is 30.3 Å². The van der Waals surface area contributed by atoms with Crippen LogP contribution in [0.3, 0.4) is 0 Å². The molecule has 0 amide bonds. The van der Waals surface area contributed by atoms with Gasteiger partial charge in [0.2, 0.25) is 0 Å². The number of nitrogens with zero attached hydrogens (tertiary/aromatic N) is 1. The van der Waals surface area contributed by atoms with Crippen LogP contribution in [-0.4, -0.2) is 53.8 Å². The highest BCUT2D eigenvalue weighted by atomic mass is 16.5. The second-order valence-electron chi connectivity index (χ2n) is 6.92. The summed E-state index contributed by atoms with van der Waals surface area (Å²) in [5, 5.41) is 14.8. The van der Waals surface area contributed by atoms with E-state index in [9.17, 15) is 0 Å². The zero-order valence-corrected chi connectivity index (χ0v) is 18.5. The molecule has 7 heteroatoms. The molecule has 2 aromatic rings. The number of benzene rings is 2. The summed E-state index contributed by atoms with van der Waals surface area (Å²) in [5.74, 6) is -1.96. The Hall–Kier alpha value is -3.06. The van der Waals surface area contributed by atoms with Crippen LogP contribution in [0.1, 0.15) is 37.8 Å². The van der Waals surface area contributed by atoms with Crippen molar-refractivity contribution in [2.75, 3.05) is 26.7 Å². The van der Waals surface area contributed by atoms with E-state index < -0.39 is 11.9 Å². The number of para-hydroxylation sites is 1. The molecule has 0 aliphatic carbocycles. The number of methoxy groups -OCH3 is 1. The van der Waals surface area contributed by atoms with Crippen molar-refractivity contribution in [3.05, 3.63) is 59.7 Å². The summed E-state index contributed by atoms with van der Waals surface area (Å²) >= 11 is 0. The molecule has 0 heterocycles. The van der Waals surface area contributed by atoms with E-state index in [0.29, 0.717) is 6.61 Å². The minimum absolute atomic E-state index is 0.557. The van der Waals surface area contributed by atoms with Gasteiger partial charge in [-0.25, -0.2) is 9.59 Å². The number of hydrogen-bond acceptors (Lipinski definition) is 5. The van der Waals surface area contributed by atoms with Crippen molar-refractivity contribution in [1.82, 2.24) is 4.90 Å². The molecule has 0 spiro atoms. The molecule has 0 saturated heterocycles. The maximum atomic E-state index is 9.10. The summed E-state index contributed by atoms with van der Waals surface area (Å²) in [6.07, 6.45) is 3.35. The molecule has 2 rings (SSSR count). The van der Waals surface area contributed by atoms with Crippen molar-refractivity contribution < 1.29 is 29.3 Å². The van der Waals surface area contributed by atoms with Crippen LogP contribution in [0.4, 0.5) is 0 Å². The monoisotopic (exact) mass is 431 g/mol. The van der Waals surface area contributed by atoms with E-state index in [0.717, 1.165) is 43.1 Å². The molecule has 0 aliphatic heterocycles. The summed E-state index contributed by atoms with van der Waals surface area (Å²) in [6, 6.07) is 16.4. The Bertz CT molecular complexity index is 776. The minimum Gasteiger partial charge on any atom is -0.493 e. The highest BCUT2D eigenvalue weighted by molar-refractivity contribution is 6.27. The van der Waals surface area contributed by atoms with Gasteiger partial charge in [0.15, 0.2) is 11.5 Å². The molecule has 170 valence electrons. The van der Waals surface area contributed by atoms with E-state index >= 15 is 0 Å². The van der Waals surface area contributed by atoms with Gasteiger partial charge < -0.3 is 24.6 Å². The standard InChI is InChI=1S/C22H31NO2.C2H2O4/c1-4-15-23(16-5-2)17-14-20-12-9-13-21(24-3)22(20)25-18-19-10-7-6-8-11-19;3-1(4)2(5)6/h6-13H,4-5,14-18H2,1-3H3;(H,3,4)(H,5,6). The number of rotatable bonds is 11. The van der Waals surface area contributed by atoms with Crippen LogP contribution >= 0.6 is 0 Å². The fourth-order valence-electron chi connectivity index (χ4n) is 3.06. The van der Waals surface area contributed by atoms with Crippen LogP contribution in [0.15, 0.2) is 48.5 Å². The molecular weight excluding hydrogens is 398 g/mol. The molecule has 0 fully saturated rings. The summed E-state index contributed by atoms with van der Waals surface area (Å²) in [4.78, 5) is 20.7. The second-order valence-corrected chi connectivity index (χ2v) is 6.92. The summed E-state index contributed by atoms with van der Waals surface area (Å²) in [7, 11) is 1.70. The summed E-state index contributed by atoms with van der Waals surface area (Å²) in [5.41, 5.74) is 2.38. The van der Waals surface area contributed by atoms with Crippen molar-refractivity contribution >= 4 is 11.9 Å². The number of carboxylic acid groups (broad SMARTS) is 2. The third kappa shape index (κ3) is 10.00. The Morgan fingerprint density at radius 1 is 0.871 bits per heavy atom. The van der Waals surface area contributed by atoms with Crippen molar-refractivity contribution in [2.45, 2.75) is 39.7 Å². The predicted octanol–water partition coefficient (Wildman–Crippen LogP) is 4.09. The number of ether oxygens (including phenoxy) is 2. The van der Waals surface area contributed by atoms with Crippen LogP contribution in [0.2, 0.25) is 0 Å². The SMILES string of the molecule is CCCN(CCC)CCc1cccc(OC)c1OCc1ccccc1.O=C(O)C(=O)O. The average molecular weight is 432 g/mol. The van der Waals surface area contributed by atoms with Crippen molar-refractivity contribution in [1.29, 1.82) is 0 Å². The van der Waals surface area contributed by atoms with Crippen LogP contribution in [0.25, 0.3) is 0 Å². The van der Waals surface area contributed by atoms with Gasteiger partial charge in [0, 0.05) is 6.54 Å². The third-order valence-electron chi connectivity index (χ3n) is 4.47. The fourth-order valence-corrected chi connectivity index (χ4v) is 3.06. The lowest BCUT2D eigenvalue weighted by molar-refractivity contribution is -0.159. The molecule has 0 radical (unpaired) electrons. The molecule has 31 heavy (non-hydrogen) atoms. The predicted molar refractivity (Wildman–Crippen MR) is 120 cm³/mol.